The van der Waals surface area contributed by atoms with Crippen LogP contribution in [0.3, 0.4) is 0 Å². The van der Waals surface area contributed by atoms with Gasteiger partial charge in [0.25, 0.3) is 0 Å². The maximum atomic E-state index is 5.13. The number of nitrogens with one attached hydrogen (secondary N) is 1. The van der Waals surface area contributed by atoms with Crippen molar-refractivity contribution in [2.45, 2.75) is 50.1 Å². The lowest BCUT2D eigenvalue weighted by atomic mass is 9.94. The lowest BCUT2D eigenvalue weighted by Crippen LogP contribution is -2.39. The van der Waals surface area contributed by atoms with E-state index in [9.17, 15) is 0 Å². The molecule has 0 spiro atoms. The highest BCUT2D eigenvalue weighted by molar-refractivity contribution is 7.99. The summed E-state index contributed by atoms with van der Waals surface area (Å²) in [4.78, 5) is 0. The lowest BCUT2D eigenvalue weighted by molar-refractivity contribution is 0.185. The molecule has 106 valence electrons. The first-order valence-corrected chi connectivity index (χ1v) is 8.45. The molecule has 2 atom stereocenters. The zero-order valence-corrected chi connectivity index (χ0v) is 12.8. The summed E-state index contributed by atoms with van der Waals surface area (Å²) in [5, 5.41) is 4.53. The van der Waals surface area contributed by atoms with Crippen LogP contribution in [0.2, 0.25) is 0 Å². The van der Waals surface area contributed by atoms with Crippen LogP contribution in [0.5, 0.6) is 0 Å². The van der Waals surface area contributed by atoms with Crippen molar-refractivity contribution in [3.05, 3.63) is 35.4 Å². The summed E-state index contributed by atoms with van der Waals surface area (Å²) in [5.41, 5.74) is 2.61. The molecule has 1 aromatic carbocycles. The summed E-state index contributed by atoms with van der Waals surface area (Å²) >= 11 is 2.02. The molecule has 0 radical (unpaired) electrons. The number of hydrogen-bond acceptors (Lipinski definition) is 3. The molecule has 0 bridgehead atoms. The predicted octanol–water partition coefficient (Wildman–Crippen LogP) is 3.60. The molecule has 1 aliphatic carbocycles. The van der Waals surface area contributed by atoms with Crippen molar-refractivity contribution >= 4 is 11.8 Å². The van der Waals surface area contributed by atoms with Crippen LogP contribution in [0.4, 0.5) is 0 Å². The Balaban J connectivity index is 1.83. The topological polar surface area (TPSA) is 21.3 Å². The fourth-order valence-electron chi connectivity index (χ4n) is 2.78. The van der Waals surface area contributed by atoms with Gasteiger partial charge in [-0.05, 0) is 30.2 Å². The Morgan fingerprint density at radius 3 is 2.53 bits per heavy atom. The van der Waals surface area contributed by atoms with E-state index in [1.165, 1.54) is 36.8 Å². The molecule has 1 fully saturated rings. The number of benzene rings is 1. The Morgan fingerprint density at radius 2 is 1.84 bits per heavy atom. The van der Waals surface area contributed by atoms with Crippen LogP contribution in [0.15, 0.2) is 24.3 Å². The largest absolute Gasteiger partial charge is 0.380 e. The number of thioether (sulfide) groups is 1. The van der Waals surface area contributed by atoms with Gasteiger partial charge < -0.3 is 10.1 Å². The minimum absolute atomic E-state index is 0.683. The van der Waals surface area contributed by atoms with Crippen molar-refractivity contribution < 1.29 is 4.74 Å². The molecular formula is C16H25NOS. The van der Waals surface area contributed by atoms with Gasteiger partial charge in [0.15, 0.2) is 0 Å². The van der Waals surface area contributed by atoms with Crippen LogP contribution in [-0.4, -0.2) is 24.7 Å². The molecule has 0 amide bonds. The van der Waals surface area contributed by atoms with Crippen LogP contribution >= 0.6 is 11.8 Å². The van der Waals surface area contributed by atoms with E-state index in [-0.39, 0.29) is 0 Å². The first kappa shape index (κ1) is 14.9. The maximum absolute atomic E-state index is 5.13. The molecule has 0 saturated heterocycles. The van der Waals surface area contributed by atoms with Crippen LogP contribution in [0, 0.1) is 0 Å². The molecule has 1 aromatic rings. The van der Waals surface area contributed by atoms with E-state index < -0.39 is 0 Å². The third-order valence-electron chi connectivity index (χ3n) is 3.91. The monoisotopic (exact) mass is 279 g/mol. The summed E-state index contributed by atoms with van der Waals surface area (Å²) in [6.07, 6.45) is 7.71. The van der Waals surface area contributed by atoms with Gasteiger partial charge >= 0.3 is 0 Å². The van der Waals surface area contributed by atoms with Crippen molar-refractivity contribution in [3.63, 3.8) is 0 Å². The van der Waals surface area contributed by atoms with E-state index >= 15 is 0 Å². The molecule has 2 nitrogen and oxygen atoms in total. The number of ether oxygens (including phenoxy) is 1. The van der Waals surface area contributed by atoms with Gasteiger partial charge in [0, 0.05) is 24.9 Å². The van der Waals surface area contributed by atoms with E-state index in [1.807, 2.05) is 11.8 Å². The van der Waals surface area contributed by atoms with Crippen LogP contribution in [0.25, 0.3) is 0 Å². The molecule has 0 aliphatic heterocycles. The molecule has 1 aliphatic rings. The fraction of sp³-hybridized carbons (Fsp3) is 0.625. The molecule has 0 heterocycles. The van der Waals surface area contributed by atoms with E-state index in [2.05, 4.69) is 35.8 Å². The first-order valence-electron chi connectivity index (χ1n) is 7.16. The summed E-state index contributed by atoms with van der Waals surface area (Å²) in [7, 11) is 1.74. The quantitative estimate of drug-likeness (QED) is 0.860. The van der Waals surface area contributed by atoms with E-state index in [0.29, 0.717) is 12.6 Å². The molecule has 1 N–H and O–H groups in total. The smallest absolute Gasteiger partial charge is 0.0713 e. The molecule has 2 rings (SSSR count). The maximum Gasteiger partial charge on any atom is 0.0713 e. The van der Waals surface area contributed by atoms with Gasteiger partial charge in [0.2, 0.25) is 0 Å². The van der Waals surface area contributed by atoms with Crippen LogP contribution in [0.1, 0.15) is 36.8 Å². The van der Waals surface area contributed by atoms with Gasteiger partial charge in [-0.1, -0.05) is 37.1 Å². The highest BCUT2D eigenvalue weighted by atomic mass is 32.2. The highest BCUT2D eigenvalue weighted by Crippen LogP contribution is 2.27. The SMILES string of the molecule is COCc1ccc(CNC2CCCCC2SC)cc1. The van der Waals surface area contributed by atoms with Gasteiger partial charge in [-0.3, -0.25) is 0 Å². The Kier molecular flexibility index (Phi) is 6.21. The van der Waals surface area contributed by atoms with Crippen molar-refractivity contribution in [1.29, 1.82) is 0 Å². The summed E-state index contributed by atoms with van der Waals surface area (Å²) in [6.45, 7) is 1.68. The number of rotatable bonds is 6. The Labute approximate surface area is 121 Å². The second-order valence-corrected chi connectivity index (χ2v) is 6.37. The van der Waals surface area contributed by atoms with E-state index in [0.717, 1.165) is 11.8 Å². The summed E-state index contributed by atoms with van der Waals surface area (Å²) in [6, 6.07) is 9.42. The molecular weight excluding hydrogens is 254 g/mol. The molecule has 0 aromatic heterocycles. The average molecular weight is 279 g/mol. The van der Waals surface area contributed by atoms with Crippen LogP contribution in [-0.2, 0) is 17.9 Å². The van der Waals surface area contributed by atoms with Crippen molar-refractivity contribution in [2.75, 3.05) is 13.4 Å². The third-order valence-corrected chi connectivity index (χ3v) is 5.08. The van der Waals surface area contributed by atoms with Gasteiger partial charge in [-0.25, -0.2) is 0 Å². The van der Waals surface area contributed by atoms with E-state index in [4.69, 9.17) is 4.74 Å². The zero-order chi connectivity index (χ0) is 13.5. The Bertz CT molecular complexity index is 366. The lowest BCUT2D eigenvalue weighted by Gasteiger charge is -2.31. The summed E-state index contributed by atoms with van der Waals surface area (Å²) in [5.74, 6) is 0. The first-order chi connectivity index (χ1) is 9.33. The predicted molar refractivity (Wildman–Crippen MR) is 83.6 cm³/mol. The summed E-state index contributed by atoms with van der Waals surface area (Å²) < 4.78 is 5.13. The average Bonchev–Trinajstić information content (AvgIpc) is 2.47. The Morgan fingerprint density at radius 1 is 1.16 bits per heavy atom. The standard InChI is InChI=1S/C16H25NOS/c1-18-12-14-9-7-13(8-10-14)11-17-15-5-3-4-6-16(15)19-2/h7-10,15-17H,3-6,11-12H2,1-2H3. The van der Waals surface area contributed by atoms with Gasteiger partial charge in [-0.15, -0.1) is 0 Å². The van der Waals surface area contributed by atoms with Gasteiger partial charge in [0.05, 0.1) is 6.61 Å². The minimum atomic E-state index is 0.683. The van der Waals surface area contributed by atoms with Gasteiger partial charge in [-0.2, -0.15) is 11.8 Å². The minimum Gasteiger partial charge on any atom is -0.380 e. The Hall–Kier alpha value is -0.510. The number of methoxy groups -OCH3 is 1. The second-order valence-electron chi connectivity index (χ2n) is 5.30. The normalized spacial score (nSPS) is 23.5. The fourth-order valence-corrected chi connectivity index (χ4v) is 3.74. The number of hydrogen-bond donors (Lipinski definition) is 1. The highest BCUT2D eigenvalue weighted by Gasteiger charge is 2.23. The molecule has 3 heteroatoms. The second kappa shape index (κ2) is 7.93. The molecule has 2 unspecified atom stereocenters. The van der Waals surface area contributed by atoms with Crippen LogP contribution < -0.4 is 5.32 Å². The third kappa shape index (κ3) is 4.51. The molecule has 19 heavy (non-hydrogen) atoms. The van der Waals surface area contributed by atoms with Crippen molar-refractivity contribution in [3.8, 4) is 0 Å². The molecule has 1 saturated carbocycles. The van der Waals surface area contributed by atoms with Gasteiger partial charge in [0.1, 0.15) is 0 Å². The van der Waals surface area contributed by atoms with Crippen molar-refractivity contribution in [1.82, 2.24) is 5.32 Å². The van der Waals surface area contributed by atoms with Crippen molar-refractivity contribution in [2.24, 2.45) is 0 Å². The zero-order valence-electron chi connectivity index (χ0n) is 12.0. The van der Waals surface area contributed by atoms with E-state index in [1.54, 1.807) is 7.11 Å².